The molecule has 2 aliphatic rings. The van der Waals surface area contributed by atoms with Gasteiger partial charge in [-0.05, 0) is 45.8 Å². The van der Waals surface area contributed by atoms with E-state index in [0.29, 0.717) is 12.1 Å². The molecule has 1 aliphatic carbocycles. The van der Waals surface area contributed by atoms with Crippen LogP contribution in [0.3, 0.4) is 0 Å². The van der Waals surface area contributed by atoms with Gasteiger partial charge in [-0.15, -0.1) is 0 Å². The van der Waals surface area contributed by atoms with E-state index in [9.17, 15) is 5.11 Å². The molecule has 0 radical (unpaired) electrons. The van der Waals surface area contributed by atoms with Crippen LogP contribution in [-0.4, -0.2) is 48.3 Å². The van der Waals surface area contributed by atoms with E-state index in [1.807, 2.05) is 0 Å². The molecule has 0 amide bonds. The first-order valence-corrected chi connectivity index (χ1v) is 5.38. The van der Waals surface area contributed by atoms with Crippen molar-refractivity contribution in [3.63, 3.8) is 0 Å². The Balaban J connectivity index is 1.70. The zero-order chi connectivity index (χ0) is 9.26. The molecule has 0 bridgehead atoms. The van der Waals surface area contributed by atoms with Crippen LogP contribution < -0.4 is 5.32 Å². The van der Waals surface area contributed by atoms with Crippen LogP contribution in [0.25, 0.3) is 0 Å². The molecule has 1 aliphatic heterocycles. The summed E-state index contributed by atoms with van der Waals surface area (Å²) >= 11 is 0. The molecule has 2 atom stereocenters. The fourth-order valence-corrected chi connectivity index (χ4v) is 2.15. The molecular weight excluding hydrogens is 164 g/mol. The summed E-state index contributed by atoms with van der Waals surface area (Å²) in [5.41, 5.74) is 0. The Bertz CT molecular complexity index is 166. The lowest BCUT2D eigenvalue weighted by atomic mass is 9.88. The predicted octanol–water partition coefficient (Wildman–Crippen LogP) is 0.193. The maximum Gasteiger partial charge on any atom is 0.0693 e. The van der Waals surface area contributed by atoms with E-state index < -0.39 is 0 Å². The Labute approximate surface area is 80.1 Å². The molecular formula is C10H20N2O. The maximum absolute atomic E-state index is 9.42. The molecule has 2 unspecified atom stereocenters. The molecule has 13 heavy (non-hydrogen) atoms. The van der Waals surface area contributed by atoms with E-state index >= 15 is 0 Å². The van der Waals surface area contributed by atoms with Crippen LogP contribution in [0.1, 0.15) is 25.7 Å². The summed E-state index contributed by atoms with van der Waals surface area (Å²) in [6, 6.07) is 1.05. The van der Waals surface area contributed by atoms with Crippen molar-refractivity contribution >= 4 is 0 Å². The fourth-order valence-electron chi connectivity index (χ4n) is 2.15. The van der Waals surface area contributed by atoms with Gasteiger partial charge in [-0.2, -0.15) is 0 Å². The Morgan fingerprint density at radius 2 is 1.85 bits per heavy atom. The highest BCUT2D eigenvalue weighted by molar-refractivity contribution is 4.90. The number of hydrogen-bond acceptors (Lipinski definition) is 3. The van der Waals surface area contributed by atoms with Crippen molar-refractivity contribution in [3.05, 3.63) is 0 Å². The zero-order valence-electron chi connectivity index (χ0n) is 8.37. The van der Waals surface area contributed by atoms with Crippen LogP contribution in [0.5, 0.6) is 0 Å². The molecule has 2 N–H and O–H groups in total. The van der Waals surface area contributed by atoms with Crippen molar-refractivity contribution in [2.45, 2.75) is 43.9 Å². The number of aliphatic hydroxyl groups is 1. The quantitative estimate of drug-likeness (QED) is 0.643. The van der Waals surface area contributed by atoms with E-state index in [4.69, 9.17) is 0 Å². The van der Waals surface area contributed by atoms with Crippen molar-refractivity contribution in [1.82, 2.24) is 10.2 Å². The minimum Gasteiger partial charge on any atom is -0.392 e. The second-order valence-electron chi connectivity index (χ2n) is 4.50. The largest absolute Gasteiger partial charge is 0.392 e. The predicted molar refractivity (Wildman–Crippen MR) is 52.7 cm³/mol. The third-order valence-corrected chi connectivity index (χ3v) is 3.41. The van der Waals surface area contributed by atoms with Gasteiger partial charge in [-0.3, -0.25) is 0 Å². The molecule has 0 aromatic carbocycles. The average molecular weight is 184 g/mol. The number of hydrogen-bond donors (Lipinski definition) is 2. The molecule has 3 nitrogen and oxygen atoms in total. The Morgan fingerprint density at radius 1 is 1.15 bits per heavy atom. The van der Waals surface area contributed by atoms with Crippen LogP contribution in [-0.2, 0) is 0 Å². The van der Waals surface area contributed by atoms with Gasteiger partial charge in [0.25, 0.3) is 0 Å². The van der Waals surface area contributed by atoms with E-state index in [1.165, 1.54) is 25.9 Å². The van der Waals surface area contributed by atoms with E-state index in [2.05, 4.69) is 17.3 Å². The number of likely N-dealkylation sites (tertiary alicyclic amines) is 1. The van der Waals surface area contributed by atoms with Crippen molar-refractivity contribution in [2.24, 2.45) is 0 Å². The van der Waals surface area contributed by atoms with Gasteiger partial charge in [-0.1, -0.05) is 0 Å². The van der Waals surface area contributed by atoms with E-state index in [-0.39, 0.29) is 6.10 Å². The topological polar surface area (TPSA) is 35.5 Å². The Morgan fingerprint density at radius 3 is 2.31 bits per heavy atom. The number of nitrogens with zero attached hydrogens (tertiary/aromatic N) is 1. The smallest absolute Gasteiger partial charge is 0.0693 e. The van der Waals surface area contributed by atoms with Gasteiger partial charge in [0.2, 0.25) is 0 Å². The van der Waals surface area contributed by atoms with Crippen molar-refractivity contribution in [3.8, 4) is 0 Å². The summed E-state index contributed by atoms with van der Waals surface area (Å²) in [4.78, 5) is 2.37. The highest BCUT2D eigenvalue weighted by atomic mass is 16.3. The first-order valence-electron chi connectivity index (χ1n) is 5.38. The number of nitrogens with one attached hydrogen (secondary N) is 1. The summed E-state index contributed by atoms with van der Waals surface area (Å²) in [6.07, 6.45) is 4.55. The summed E-state index contributed by atoms with van der Waals surface area (Å²) in [5.74, 6) is 0. The molecule has 0 spiro atoms. The van der Waals surface area contributed by atoms with Crippen LogP contribution in [0.15, 0.2) is 0 Å². The van der Waals surface area contributed by atoms with Gasteiger partial charge >= 0.3 is 0 Å². The maximum atomic E-state index is 9.42. The normalized spacial score (nSPS) is 37.4. The zero-order valence-corrected chi connectivity index (χ0v) is 8.37. The standard InChI is InChI=1S/C10H20N2O/c1-12-6-4-8(5-7-12)11-9-2-3-10(9)13/h8-11,13H,2-7H2,1H3. The SMILES string of the molecule is CN1CCC(NC2CCC2O)CC1. The number of piperidine rings is 1. The molecule has 2 fully saturated rings. The van der Waals surface area contributed by atoms with E-state index in [0.717, 1.165) is 12.8 Å². The molecule has 0 aromatic heterocycles. The molecule has 3 heteroatoms. The molecule has 1 heterocycles. The molecule has 76 valence electrons. The minimum atomic E-state index is -0.0698. The molecule has 2 rings (SSSR count). The molecule has 0 aromatic rings. The molecule has 1 saturated heterocycles. The van der Waals surface area contributed by atoms with Crippen LogP contribution in [0.2, 0.25) is 0 Å². The molecule has 1 saturated carbocycles. The lowest BCUT2D eigenvalue weighted by molar-refractivity contribution is 0.0388. The monoisotopic (exact) mass is 184 g/mol. The van der Waals surface area contributed by atoms with Gasteiger partial charge in [0.1, 0.15) is 0 Å². The highest BCUT2D eigenvalue weighted by Crippen LogP contribution is 2.21. The lowest BCUT2D eigenvalue weighted by Crippen LogP contribution is -2.54. The summed E-state index contributed by atoms with van der Waals surface area (Å²) in [5, 5.41) is 13.0. The van der Waals surface area contributed by atoms with Gasteiger partial charge in [0, 0.05) is 12.1 Å². The van der Waals surface area contributed by atoms with Gasteiger partial charge in [0.05, 0.1) is 6.10 Å². The van der Waals surface area contributed by atoms with Gasteiger partial charge in [-0.25, -0.2) is 0 Å². The van der Waals surface area contributed by atoms with Gasteiger partial charge < -0.3 is 15.3 Å². The highest BCUT2D eigenvalue weighted by Gasteiger charge is 2.31. The second-order valence-corrected chi connectivity index (χ2v) is 4.50. The van der Waals surface area contributed by atoms with Crippen molar-refractivity contribution in [2.75, 3.05) is 20.1 Å². The number of rotatable bonds is 2. The minimum absolute atomic E-state index is 0.0698. The first-order chi connectivity index (χ1) is 6.25. The third kappa shape index (κ3) is 2.22. The number of aliphatic hydroxyl groups excluding tert-OH is 1. The summed E-state index contributed by atoms with van der Waals surface area (Å²) in [6.45, 7) is 2.39. The van der Waals surface area contributed by atoms with Gasteiger partial charge in [0.15, 0.2) is 0 Å². The Kier molecular flexibility index (Phi) is 2.86. The lowest BCUT2D eigenvalue weighted by Gasteiger charge is -2.39. The second kappa shape index (κ2) is 3.95. The van der Waals surface area contributed by atoms with Crippen LogP contribution in [0, 0.1) is 0 Å². The summed E-state index contributed by atoms with van der Waals surface area (Å²) < 4.78 is 0. The van der Waals surface area contributed by atoms with Crippen LogP contribution >= 0.6 is 0 Å². The van der Waals surface area contributed by atoms with Crippen LogP contribution in [0.4, 0.5) is 0 Å². The first kappa shape index (κ1) is 9.44. The Hall–Kier alpha value is -0.120. The summed E-state index contributed by atoms with van der Waals surface area (Å²) in [7, 11) is 2.18. The van der Waals surface area contributed by atoms with E-state index in [1.54, 1.807) is 0 Å². The average Bonchev–Trinajstić information content (AvgIpc) is 2.15. The van der Waals surface area contributed by atoms with Crippen molar-refractivity contribution < 1.29 is 5.11 Å². The fraction of sp³-hybridized carbons (Fsp3) is 1.00. The van der Waals surface area contributed by atoms with Crippen molar-refractivity contribution in [1.29, 1.82) is 0 Å². The third-order valence-electron chi connectivity index (χ3n) is 3.41.